The highest BCUT2D eigenvalue weighted by Crippen LogP contribution is 2.20. The SMILES string of the molecule is NNc1cc(N2CCN3C(=O)NCC3C2)ncn1. The fourth-order valence-corrected chi connectivity index (χ4v) is 2.41. The molecule has 0 saturated carbocycles. The fraction of sp³-hybridized carbons (Fsp3) is 0.500. The van der Waals surface area contributed by atoms with Crippen LogP contribution in [0.15, 0.2) is 12.4 Å². The van der Waals surface area contributed by atoms with Crippen molar-refractivity contribution in [3.8, 4) is 0 Å². The molecule has 18 heavy (non-hydrogen) atoms. The lowest BCUT2D eigenvalue weighted by molar-refractivity contribution is 0.197. The van der Waals surface area contributed by atoms with Gasteiger partial charge in [0.05, 0.1) is 6.04 Å². The minimum atomic E-state index is 0.0339. The van der Waals surface area contributed by atoms with E-state index >= 15 is 0 Å². The minimum absolute atomic E-state index is 0.0339. The van der Waals surface area contributed by atoms with Gasteiger partial charge in [-0.3, -0.25) is 0 Å². The molecule has 96 valence electrons. The Kier molecular flexibility index (Phi) is 2.63. The van der Waals surface area contributed by atoms with E-state index in [4.69, 9.17) is 5.84 Å². The van der Waals surface area contributed by atoms with Gasteiger partial charge in [0, 0.05) is 32.2 Å². The number of aromatic nitrogens is 2. The molecule has 0 aliphatic carbocycles. The van der Waals surface area contributed by atoms with E-state index in [0.29, 0.717) is 18.9 Å². The molecule has 4 N–H and O–H groups in total. The fourth-order valence-electron chi connectivity index (χ4n) is 2.41. The molecule has 0 aromatic carbocycles. The van der Waals surface area contributed by atoms with Crippen LogP contribution in [0.25, 0.3) is 0 Å². The van der Waals surface area contributed by atoms with Gasteiger partial charge in [-0.1, -0.05) is 0 Å². The molecule has 1 unspecified atom stereocenters. The van der Waals surface area contributed by atoms with Gasteiger partial charge in [0.1, 0.15) is 18.0 Å². The standard InChI is InChI=1S/C10H15N7O/c11-15-8-3-9(14-6-13-8)16-1-2-17-7(5-16)4-12-10(17)18/h3,6-7H,1-2,4-5,11H2,(H,12,18)(H,13,14,15). The Labute approximate surface area is 104 Å². The Balaban J connectivity index is 1.76. The summed E-state index contributed by atoms with van der Waals surface area (Å²) in [5.41, 5.74) is 2.51. The van der Waals surface area contributed by atoms with Crippen LogP contribution in [0.5, 0.6) is 0 Å². The molecule has 2 aliphatic rings. The van der Waals surface area contributed by atoms with Gasteiger partial charge in [-0.25, -0.2) is 20.6 Å². The molecule has 0 radical (unpaired) electrons. The summed E-state index contributed by atoms with van der Waals surface area (Å²) < 4.78 is 0. The Hall–Kier alpha value is -2.09. The quantitative estimate of drug-likeness (QED) is 0.458. The Morgan fingerprint density at radius 3 is 3.17 bits per heavy atom. The predicted molar refractivity (Wildman–Crippen MR) is 65.9 cm³/mol. The van der Waals surface area contributed by atoms with Gasteiger partial charge in [-0.15, -0.1) is 0 Å². The number of amides is 2. The number of hydrazine groups is 1. The third kappa shape index (κ3) is 1.80. The Morgan fingerprint density at radius 2 is 2.33 bits per heavy atom. The Bertz CT molecular complexity index is 465. The lowest BCUT2D eigenvalue weighted by Gasteiger charge is -2.37. The molecule has 8 nitrogen and oxygen atoms in total. The van der Waals surface area contributed by atoms with Gasteiger partial charge in [-0.2, -0.15) is 0 Å². The van der Waals surface area contributed by atoms with Crippen LogP contribution in [0.4, 0.5) is 16.4 Å². The van der Waals surface area contributed by atoms with Crippen LogP contribution in [-0.4, -0.2) is 53.1 Å². The number of nitrogens with one attached hydrogen (secondary N) is 2. The zero-order valence-electron chi connectivity index (χ0n) is 9.83. The first kappa shape index (κ1) is 11.0. The summed E-state index contributed by atoms with van der Waals surface area (Å²) in [4.78, 5) is 23.7. The number of urea groups is 1. The maximum atomic E-state index is 11.5. The lowest BCUT2D eigenvalue weighted by Crippen LogP contribution is -2.52. The summed E-state index contributed by atoms with van der Waals surface area (Å²) >= 11 is 0. The highest BCUT2D eigenvalue weighted by molar-refractivity contribution is 5.77. The van der Waals surface area contributed by atoms with E-state index in [1.165, 1.54) is 6.33 Å². The first-order valence-electron chi connectivity index (χ1n) is 5.86. The van der Waals surface area contributed by atoms with Crippen molar-refractivity contribution < 1.29 is 4.79 Å². The number of piperazine rings is 1. The Morgan fingerprint density at radius 1 is 1.44 bits per heavy atom. The van der Waals surface area contributed by atoms with Gasteiger partial charge < -0.3 is 20.5 Å². The number of anilines is 2. The van der Waals surface area contributed by atoms with E-state index in [0.717, 1.165) is 18.9 Å². The summed E-state index contributed by atoms with van der Waals surface area (Å²) in [6.45, 7) is 2.96. The third-order valence-corrected chi connectivity index (χ3v) is 3.36. The number of rotatable bonds is 2. The van der Waals surface area contributed by atoms with E-state index in [1.54, 1.807) is 6.07 Å². The van der Waals surface area contributed by atoms with Crippen LogP contribution in [-0.2, 0) is 0 Å². The van der Waals surface area contributed by atoms with Crippen molar-refractivity contribution in [1.82, 2.24) is 20.2 Å². The molecule has 2 fully saturated rings. The van der Waals surface area contributed by atoms with Crippen LogP contribution in [0.2, 0.25) is 0 Å². The van der Waals surface area contributed by atoms with Gasteiger partial charge in [0.2, 0.25) is 0 Å². The molecule has 2 amide bonds. The zero-order chi connectivity index (χ0) is 12.5. The van der Waals surface area contributed by atoms with Crippen LogP contribution < -0.4 is 21.5 Å². The number of carbonyl (C=O) groups excluding carboxylic acids is 1. The van der Waals surface area contributed by atoms with Gasteiger partial charge >= 0.3 is 6.03 Å². The number of fused-ring (bicyclic) bond motifs is 1. The highest BCUT2D eigenvalue weighted by atomic mass is 16.2. The molecule has 3 rings (SSSR count). The van der Waals surface area contributed by atoms with Gasteiger partial charge in [0.25, 0.3) is 0 Å². The number of carbonyl (C=O) groups is 1. The topological polar surface area (TPSA) is 99.4 Å². The molecule has 3 heterocycles. The van der Waals surface area contributed by atoms with E-state index < -0.39 is 0 Å². The molecule has 2 aliphatic heterocycles. The van der Waals surface area contributed by atoms with Crippen molar-refractivity contribution in [2.45, 2.75) is 6.04 Å². The number of nitrogens with zero attached hydrogens (tertiary/aromatic N) is 4. The van der Waals surface area contributed by atoms with Crippen molar-refractivity contribution in [3.63, 3.8) is 0 Å². The average molecular weight is 249 g/mol. The van der Waals surface area contributed by atoms with E-state index in [9.17, 15) is 4.79 Å². The lowest BCUT2D eigenvalue weighted by atomic mass is 10.2. The predicted octanol–water partition coefficient (Wildman–Crippen LogP) is -1.02. The molecule has 0 spiro atoms. The molecule has 0 bridgehead atoms. The first-order chi connectivity index (χ1) is 8.78. The zero-order valence-corrected chi connectivity index (χ0v) is 9.83. The van der Waals surface area contributed by atoms with Crippen LogP contribution in [0, 0.1) is 0 Å². The summed E-state index contributed by atoms with van der Waals surface area (Å²) in [6.07, 6.45) is 1.48. The monoisotopic (exact) mass is 249 g/mol. The number of nitrogens with two attached hydrogens (primary N) is 1. The largest absolute Gasteiger partial charge is 0.353 e. The highest BCUT2D eigenvalue weighted by Gasteiger charge is 2.35. The van der Waals surface area contributed by atoms with E-state index in [1.807, 2.05) is 4.90 Å². The maximum Gasteiger partial charge on any atom is 0.317 e. The van der Waals surface area contributed by atoms with Crippen molar-refractivity contribution in [1.29, 1.82) is 0 Å². The molecular formula is C10H15N7O. The molecule has 2 saturated heterocycles. The minimum Gasteiger partial charge on any atom is -0.353 e. The summed E-state index contributed by atoms with van der Waals surface area (Å²) in [7, 11) is 0. The van der Waals surface area contributed by atoms with Crippen LogP contribution in [0.1, 0.15) is 0 Å². The third-order valence-electron chi connectivity index (χ3n) is 3.36. The second kappa shape index (κ2) is 4.30. The molecule has 1 aromatic rings. The van der Waals surface area contributed by atoms with Gasteiger partial charge in [-0.05, 0) is 0 Å². The summed E-state index contributed by atoms with van der Waals surface area (Å²) in [6, 6.07) is 2.06. The van der Waals surface area contributed by atoms with Crippen molar-refractivity contribution in [3.05, 3.63) is 12.4 Å². The van der Waals surface area contributed by atoms with E-state index in [2.05, 4.69) is 25.6 Å². The number of hydrogen-bond acceptors (Lipinski definition) is 6. The smallest absolute Gasteiger partial charge is 0.317 e. The number of nitrogen functional groups attached to an aromatic ring is 1. The van der Waals surface area contributed by atoms with Crippen molar-refractivity contribution in [2.24, 2.45) is 5.84 Å². The first-order valence-corrected chi connectivity index (χ1v) is 5.86. The molecule has 1 atom stereocenters. The summed E-state index contributed by atoms with van der Waals surface area (Å²) in [5.74, 6) is 6.75. The average Bonchev–Trinajstić information content (AvgIpc) is 2.80. The normalized spacial score (nSPS) is 22.7. The maximum absolute atomic E-state index is 11.5. The molecule has 1 aromatic heterocycles. The van der Waals surface area contributed by atoms with Crippen LogP contribution in [0.3, 0.4) is 0 Å². The van der Waals surface area contributed by atoms with Gasteiger partial charge in [0.15, 0.2) is 0 Å². The summed E-state index contributed by atoms with van der Waals surface area (Å²) in [5, 5.41) is 2.85. The number of hydrogen-bond donors (Lipinski definition) is 3. The van der Waals surface area contributed by atoms with E-state index in [-0.39, 0.29) is 12.1 Å². The molecular weight excluding hydrogens is 234 g/mol. The van der Waals surface area contributed by atoms with Crippen molar-refractivity contribution >= 4 is 17.7 Å². The van der Waals surface area contributed by atoms with Crippen molar-refractivity contribution in [2.75, 3.05) is 36.5 Å². The molecule has 8 heteroatoms. The second-order valence-electron chi connectivity index (χ2n) is 4.39. The second-order valence-corrected chi connectivity index (χ2v) is 4.39. The van der Waals surface area contributed by atoms with Crippen LogP contribution >= 0.6 is 0 Å².